The minimum atomic E-state index is -3.39. The van der Waals surface area contributed by atoms with Gasteiger partial charge < -0.3 is 10.6 Å². The second kappa shape index (κ2) is 5.54. The van der Waals surface area contributed by atoms with Crippen molar-refractivity contribution < 1.29 is 13.2 Å². The molecule has 0 aromatic heterocycles. The van der Waals surface area contributed by atoms with Gasteiger partial charge >= 0.3 is 0 Å². The van der Waals surface area contributed by atoms with Crippen molar-refractivity contribution in [3.63, 3.8) is 0 Å². The normalized spacial score (nSPS) is 34.8. The Balaban J connectivity index is 1.65. The third kappa shape index (κ3) is 2.72. The van der Waals surface area contributed by atoms with Crippen LogP contribution in [0.2, 0.25) is 0 Å². The van der Waals surface area contributed by atoms with Gasteiger partial charge in [-0.15, -0.1) is 0 Å². The summed E-state index contributed by atoms with van der Waals surface area (Å²) in [5, 5.41) is 6.12. The first-order valence-corrected chi connectivity index (χ1v) is 10.0. The average molecular weight is 314 g/mol. The van der Waals surface area contributed by atoms with Crippen molar-refractivity contribution >= 4 is 15.7 Å². The molecule has 6 heteroatoms. The van der Waals surface area contributed by atoms with Crippen LogP contribution in [0, 0.1) is 17.8 Å². The van der Waals surface area contributed by atoms with Crippen LogP contribution in [0.3, 0.4) is 0 Å². The smallest absolute Gasteiger partial charge is 0.241 e. The monoisotopic (exact) mass is 314 g/mol. The highest BCUT2D eigenvalue weighted by molar-refractivity contribution is 7.92. The Morgan fingerprint density at radius 1 is 1.24 bits per heavy atom. The fourth-order valence-electron chi connectivity index (χ4n) is 4.61. The van der Waals surface area contributed by atoms with E-state index < -0.39 is 14.6 Å². The lowest BCUT2D eigenvalue weighted by Gasteiger charge is -2.35. The van der Waals surface area contributed by atoms with E-state index in [1.165, 1.54) is 31.9 Å². The number of hydrogen-bond acceptors (Lipinski definition) is 4. The molecule has 1 saturated heterocycles. The first-order valence-electron chi connectivity index (χ1n) is 8.11. The summed E-state index contributed by atoms with van der Waals surface area (Å²) in [6.45, 7) is 1.84. The minimum absolute atomic E-state index is 0.269. The molecule has 1 aliphatic heterocycles. The van der Waals surface area contributed by atoms with Crippen LogP contribution < -0.4 is 10.6 Å². The zero-order chi connectivity index (χ0) is 15.1. The van der Waals surface area contributed by atoms with Gasteiger partial charge in [-0.3, -0.25) is 4.79 Å². The van der Waals surface area contributed by atoms with Gasteiger partial charge in [0.05, 0.1) is 0 Å². The van der Waals surface area contributed by atoms with Crippen LogP contribution in [0.5, 0.6) is 0 Å². The third-order valence-corrected chi connectivity index (χ3v) is 7.96. The van der Waals surface area contributed by atoms with Crippen molar-refractivity contribution in [2.24, 2.45) is 17.8 Å². The molecule has 2 bridgehead atoms. The van der Waals surface area contributed by atoms with E-state index in [-0.39, 0.29) is 5.91 Å². The molecule has 2 saturated carbocycles. The number of fused-ring (bicyclic) bond motifs is 2. The minimum Gasteiger partial charge on any atom is -0.354 e. The Morgan fingerprint density at radius 2 is 1.95 bits per heavy atom. The Kier molecular flexibility index (Phi) is 4.03. The molecular weight excluding hydrogens is 288 g/mol. The number of nitrogens with one attached hydrogen (secondary N) is 2. The lowest BCUT2D eigenvalue weighted by molar-refractivity contribution is -0.124. The standard InChI is InChI=1S/C15H26N2O3S/c1-21(19,20)15(4-6-16-7-5-15)14(18)17-10-13-9-11-2-3-12(13)8-11/h11-13,16H,2-10H2,1H3,(H,17,18). The Hall–Kier alpha value is -0.620. The van der Waals surface area contributed by atoms with Crippen LogP contribution in [0.15, 0.2) is 0 Å². The molecule has 3 unspecified atom stereocenters. The molecule has 120 valence electrons. The van der Waals surface area contributed by atoms with E-state index in [0.29, 0.717) is 38.4 Å². The van der Waals surface area contributed by atoms with Gasteiger partial charge in [-0.2, -0.15) is 0 Å². The van der Waals surface area contributed by atoms with Crippen LogP contribution in [0.25, 0.3) is 0 Å². The SMILES string of the molecule is CS(=O)(=O)C1(C(=O)NCC2CC3CCC2C3)CCNCC1. The van der Waals surface area contributed by atoms with E-state index in [9.17, 15) is 13.2 Å². The van der Waals surface area contributed by atoms with E-state index in [4.69, 9.17) is 0 Å². The van der Waals surface area contributed by atoms with Crippen molar-refractivity contribution in [2.45, 2.75) is 43.3 Å². The van der Waals surface area contributed by atoms with Crippen molar-refractivity contribution in [1.29, 1.82) is 0 Å². The molecular formula is C15H26N2O3S. The number of sulfone groups is 1. The van der Waals surface area contributed by atoms with E-state index in [1.807, 2.05) is 0 Å². The predicted octanol–water partition coefficient (Wildman–Crippen LogP) is 0.706. The number of amides is 1. The zero-order valence-electron chi connectivity index (χ0n) is 12.7. The van der Waals surface area contributed by atoms with Gasteiger partial charge in [0.15, 0.2) is 14.6 Å². The molecule has 21 heavy (non-hydrogen) atoms. The van der Waals surface area contributed by atoms with Gasteiger partial charge in [0.25, 0.3) is 0 Å². The lowest BCUT2D eigenvalue weighted by Crippen LogP contribution is -2.57. The molecule has 0 radical (unpaired) electrons. The maximum absolute atomic E-state index is 12.6. The second-order valence-electron chi connectivity index (χ2n) is 7.16. The fourth-order valence-corrected chi connectivity index (χ4v) is 5.96. The molecule has 3 rings (SSSR count). The van der Waals surface area contributed by atoms with Gasteiger partial charge in [0, 0.05) is 12.8 Å². The molecule has 2 N–H and O–H groups in total. The van der Waals surface area contributed by atoms with Crippen molar-refractivity contribution in [1.82, 2.24) is 10.6 Å². The largest absolute Gasteiger partial charge is 0.354 e. The summed E-state index contributed by atoms with van der Waals surface area (Å²) in [6.07, 6.45) is 7.11. The van der Waals surface area contributed by atoms with Crippen LogP contribution in [-0.4, -0.2) is 45.0 Å². The van der Waals surface area contributed by atoms with Gasteiger partial charge in [0.2, 0.25) is 5.91 Å². The predicted molar refractivity (Wildman–Crippen MR) is 81.6 cm³/mol. The molecule has 5 nitrogen and oxygen atoms in total. The maximum atomic E-state index is 12.6. The molecule has 3 aliphatic rings. The van der Waals surface area contributed by atoms with Crippen LogP contribution >= 0.6 is 0 Å². The Morgan fingerprint density at radius 3 is 2.48 bits per heavy atom. The van der Waals surface area contributed by atoms with E-state index in [0.717, 1.165) is 11.8 Å². The third-order valence-electron chi connectivity index (χ3n) is 5.94. The zero-order valence-corrected chi connectivity index (χ0v) is 13.5. The van der Waals surface area contributed by atoms with Gasteiger partial charge in [-0.1, -0.05) is 6.42 Å². The summed E-state index contributed by atoms with van der Waals surface area (Å²) >= 11 is 0. The topological polar surface area (TPSA) is 75.3 Å². The highest BCUT2D eigenvalue weighted by Gasteiger charge is 2.49. The first-order chi connectivity index (χ1) is 9.92. The van der Waals surface area contributed by atoms with Crippen LogP contribution in [0.1, 0.15) is 38.5 Å². The van der Waals surface area contributed by atoms with Crippen molar-refractivity contribution in [2.75, 3.05) is 25.9 Å². The van der Waals surface area contributed by atoms with E-state index >= 15 is 0 Å². The van der Waals surface area contributed by atoms with E-state index in [1.54, 1.807) is 0 Å². The Bertz CT molecular complexity index is 511. The summed E-state index contributed by atoms with van der Waals surface area (Å²) in [4.78, 5) is 12.6. The second-order valence-corrected chi connectivity index (χ2v) is 9.49. The number of rotatable bonds is 4. The van der Waals surface area contributed by atoms with Crippen LogP contribution in [0.4, 0.5) is 0 Å². The summed E-state index contributed by atoms with van der Waals surface area (Å²) in [6, 6.07) is 0. The summed E-state index contributed by atoms with van der Waals surface area (Å²) < 4.78 is 23.2. The number of carbonyl (C=O) groups excluding carboxylic acids is 1. The lowest BCUT2D eigenvalue weighted by atomic mass is 9.88. The van der Waals surface area contributed by atoms with Crippen LogP contribution in [-0.2, 0) is 14.6 Å². The number of piperidine rings is 1. The molecule has 3 fully saturated rings. The average Bonchev–Trinajstić information content (AvgIpc) is 3.06. The quantitative estimate of drug-likeness (QED) is 0.801. The number of carbonyl (C=O) groups is 1. The maximum Gasteiger partial charge on any atom is 0.241 e. The first kappa shape index (κ1) is 15.3. The fraction of sp³-hybridized carbons (Fsp3) is 0.933. The Labute approximate surface area is 127 Å². The highest BCUT2D eigenvalue weighted by Crippen LogP contribution is 2.48. The van der Waals surface area contributed by atoms with Gasteiger partial charge in [-0.05, 0) is 62.9 Å². The highest BCUT2D eigenvalue weighted by atomic mass is 32.2. The molecule has 2 aliphatic carbocycles. The molecule has 1 amide bonds. The van der Waals surface area contributed by atoms with Crippen molar-refractivity contribution in [3.05, 3.63) is 0 Å². The molecule has 0 aromatic carbocycles. The van der Waals surface area contributed by atoms with Crippen molar-refractivity contribution in [3.8, 4) is 0 Å². The molecule has 0 aromatic rings. The van der Waals surface area contributed by atoms with Gasteiger partial charge in [0.1, 0.15) is 0 Å². The number of hydrogen-bond donors (Lipinski definition) is 2. The summed E-state index contributed by atoms with van der Waals surface area (Å²) in [7, 11) is -3.39. The summed E-state index contributed by atoms with van der Waals surface area (Å²) in [5.41, 5.74) is 0. The van der Waals surface area contributed by atoms with E-state index in [2.05, 4.69) is 10.6 Å². The molecule has 0 spiro atoms. The molecule has 1 heterocycles. The van der Waals surface area contributed by atoms with Gasteiger partial charge in [-0.25, -0.2) is 8.42 Å². The molecule has 3 atom stereocenters. The summed E-state index contributed by atoms with van der Waals surface area (Å²) in [5.74, 6) is 1.89.